The molecular weight excluding hydrogens is 333 g/mol. The first kappa shape index (κ1) is 15.1. The number of aromatic nitrogens is 2. The molecule has 0 unspecified atom stereocenters. The molecule has 3 rings (SSSR count). The number of nitrogens with zero attached hydrogens (tertiary/aromatic N) is 2. The summed E-state index contributed by atoms with van der Waals surface area (Å²) in [5.74, 6) is -0.905. The van der Waals surface area contributed by atoms with E-state index < -0.39 is 20.7 Å². The molecule has 1 aromatic carbocycles. The summed E-state index contributed by atoms with van der Waals surface area (Å²) in [4.78, 5) is 17.5. The Labute approximate surface area is 130 Å². The van der Waals surface area contributed by atoms with E-state index in [2.05, 4.69) is 9.97 Å². The van der Waals surface area contributed by atoms with E-state index in [1.54, 1.807) is 0 Å². The quantitative estimate of drug-likeness (QED) is 0.891. The largest absolute Gasteiger partial charge is 0.313 e. The van der Waals surface area contributed by atoms with Crippen molar-refractivity contribution in [2.75, 3.05) is 6.54 Å². The van der Waals surface area contributed by atoms with Gasteiger partial charge in [-0.3, -0.25) is 4.79 Å². The van der Waals surface area contributed by atoms with E-state index in [1.807, 2.05) is 0 Å². The molecule has 2 heterocycles. The Morgan fingerprint density at radius 1 is 1.36 bits per heavy atom. The summed E-state index contributed by atoms with van der Waals surface area (Å²) in [6.07, 6.45) is 1.43. The minimum absolute atomic E-state index is 0.0643. The predicted octanol–water partition coefficient (Wildman–Crippen LogP) is 1.31. The minimum atomic E-state index is -4.10. The monoisotopic (exact) mass is 343 g/mol. The van der Waals surface area contributed by atoms with Gasteiger partial charge in [-0.05, 0) is 18.6 Å². The van der Waals surface area contributed by atoms with Gasteiger partial charge in [0.2, 0.25) is 10.0 Å². The summed E-state index contributed by atoms with van der Waals surface area (Å²) in [6, 6.07) is 3.70. The molecule has 0 saturated carbocycles. The Hall–Kier alpha value is -1.77. The minimum Gasteiger partial charge on any atom is -0.313 e. The molecule has 0 atom stereocenters. The van der Waals surface area contributed by atoms with Crippen LogP contribution < -0.4 is 5.56 Å². The Balaban J connectivity index is 2.04. The van der Waals surface area contributed by atoms with Crippen LogP contribution in [-0.4, -0.2) is 29.2 Å². The predicted molar refractivity (Wildman–Crippen MR) is 77.6 cm³/mol. The highest BCUT2D eigenvalue weighted by molar-refractivity contribution is 7.89. The van der Waals surface area contributed by atoms with E-state index in [9.17, 15) is 17.6 Å². The number of halogens is 2. The summed E-state index contributed by atoms with van der Waals surface area (Å²) in [6.45, 7) is -0.0268. The molecule has 2 aromatic rings. The van der Waals surface area contributed by atoms with E-state index in [4.69, 9.17) is 11.6 Å². The second-order valence-corrected chi connectivity index (χ2v) is 7.08. The van der Waals surface area contributed by atoms with Crippen molar-refractivity contribution in [2.45, 2.75) is 17.9 Å². The van der Waals surface area contributed by atoms with Crippen molar-refractivity contribution in [1.29, 1.82) is 0 Å². The highest BCUT2D eigenvalue weighted by Crippen LogP contribution is 2.29. The Kier molecular flexibility index (Phi) is 3.75. The molecule has 0 fully saturated rings. The lowest BCUT2D eigenvalue weighted by atomic mass is 10.1. The number of hydrogen-bond acceptors (Lipinski definition) is 4. The Morgan fingerprint density at radius 2 is 2.14 bits per heavy atom. The number of H-pyrrole nitrogens is 1. The molecule has 0 aliphatic carbocycles. The molecule has 1 aromatic heterocycles. The van der Waals surface area contributed by atoms with Crippen molar-refractivity contribution in [2.24, 2.45) is 0 Å². The van der Waals surface area contributed by atoms with Crippen LogP contribution in [0.1, 0.15) is 11.3 Å². The van der Waals surface area contributed by atoms with Crippen LogP contribution in [-0.2, 0) is 23.0 Å². The van der Waals surface area contributed by atoms with Gasteiger partial charge in [-0.15, -0.1) is 0 Å². The summed E-state index contributed by atoms with van der Waals surface area (Å²) >= 11 is 5.84. The Morgan fingerprint density at radius 3 is 2.86 bits per heavy atom. The number of rotatable bonds is 2. The van der Waals surface area contributed by atoms with Crippen molar-refractivity contribution in [3.05, 3.63) is 57.0 Å². The fraction of sp³-hybridized carbons (Fsp3) is 0.231. The molecule has 6 nitrogen and oxygen atoms in total. The SMILES string of the molecule is O=c1[nH]cnc2c1CCN(S(=O)(=O)c1c(F)cccc1Cl)C2. The van der Waals surface area contributed by atoms with Crippen molar-refractivity contribution in [3.8, 4) is 0 Å². The van der Waals surface area contributed by atoms with E-state index in [1.165, 1.54) is 18.5 Å². The summed E-state index contributed by atoms with van der Waals surface area (Å²) in [5, 5.41) is -0.176. The average molecular weight is 344 g/mol. The molecule has 0 radical (unpaired) electrons. The lowest BCUT2D eigenvalue weighted by Gasteiger charge is -2.27. The van der Waals surface area contributed by atoms with Crippen LogP contribution in [0, 0.1) is 5.82 Å². The maximum absolute atomic E-state index is 13.9. The van der Waals surface area contributed by atoms with Gasteiger partial charge in [0, 0.05) is 12.1 Å². The van der Waals surface area contributed by atoms with Crippen molar-refractivity contribution >= 4 is 21.6 Å². The van der Waals surface area contributed by atoms with Gasteiger partial charge >= 0.3 is 0 Å². The van der Waals surface area contributed by atoms with Crippen LogP contribution in [0.3, 0.4) is 0 Å². The highest BCUT2D eigenvalue weighted by Gasteiger charge is 2.33. The van der Waals surface area contributed by atoms with Gasteiger partial charge in [0.1, 0.15) is 10.7 Å². The zero-order chi connectivity index (χ0) is 15.9. The standard InChI is InChI=1S/C13H11ClFN3O3S/c14-9-2-1-3-10(15)12(9)22(20,21)18-5-4-8-11(6-18)16-7-17-13(8)19/h1-3,7H,4-6H2,(H,16,17,19). The van der Waals surface area contributed by atoms with Crippen molar-refractivity contribution in [1.82, 2.24) is 14.3 Å². The molecule has 1 aliphatic heterocycles. The molecule has 1 N–H and O–H groups in total. The fourth-order valence-electron chi connectivity index (χ4n) is 2.40. The average Bonchev–Trinajstić information content (AvgIpc) is 2.46. The molecule has 0 spiro atoms. The van der Waals surface area contributed by atoms with Gasteiger partial charge in [0.15, 0.2) is 0 Å². The van der Waals surface area contributed by atoms with Gasteiger partial charge in [-0.1, -0.05) is 17.7 Å². The molecule has 0 saturated heterocycles. The topological polar surface area (TPSA) is 83.1 Å². The fourth-order valence-corrected chi connectivity index (χ4v) is 4.37. The van der Waals surface area contributed by atoms with Crippen molar-refractivity contribution in [3.63, 3.8) is 0 Å². The van der Waals surface area contributed by atoms with Crippen LogP contribution in [0.5, 0.6) is 0 Å². The van der Waals surface area contributed by atoms with Crippen LogP contribution in [0.4, 0.5) is 4.39 Å². The number of benzene rings is 1. The maximum Gasteiger partial charge on any atom is 0.254 e. The van der Waals surface area contributed by atoms with E-state index >= 15 is 0 Å². The molecule has 0 amide bonds. The summed E-state index contributed by atoms with van der Waals surface area (Å²) in [7, 11) is -4.10. The smallest absolute Gasteiger partial charge is 0.254 e. The third kappa shape index (κ3) is 2.43. The Bertz CT molecular complexity index is 877. The van der Waals surface area contributed by atoms with Gasteiger partial charge in [0.25, 0.3) is 5.56 Å². The summed E-state index contributed by atoms with van der Waals surface area (Å²) < 4.78 is 40.2. The number of nitrogens with one attached hydrogen (secondary N) is 1. The third-order valence-electron chi connectivity index (χ3n) is 3.49. The maximum atomic E-state index is 13.9. The lowest BCUT2D eigenvalue weighted by molar-refractivity contribution is 0.381. The molecule has 1 aliphatic rings. The number of fused-ring (bicyclic) bond motifs is 1. The highest BCUT2D eigenvalue weighted by atomic mass is 35.5. The summed E-state index contributed by atoms with van der Waals surface area (Å²) in [5.41, 5.74) is 0.533. The van der Waals surface area contributed by atoms with Crippen LogP contribution >= 0.6 is 11.6 Å². The molecule has 116 valence electrons. The van der Waals surface area contributed by atoms with Gasteiger partial charge in [0.05, 0.1) is 23.6 Å². The van der Waals surface area contributed by atoms with Gasteiger partial charge in [-0.2, -0.15) is 4.31 Å². The second kappa shape index (κ2) is 5.45. The molecule has 0 bridgehead atoms. The lowest BCUT2D eigenvalue weighted by Crippen LogP contribution is -2.39. The molecular formula is C13H11ClFN3O3S. The van der Waals surface area contributed by atoms with E-state index in [0.717, 1.165) is 10.4 Å². The van der Waals surface area contributed by atoms with Gasteiger partial charge in [-0.25, -0.2) is 17.8 Å². The third-order valence-corrected chi connectivity index (χ3v) is 5.84. The van der Waals surface area contributed by atoms with Crippen LogP contribution in [0.25, 0.3) is 0 Å². The normalized spacial score (nSPS) is 15.5. The van der Waals surface area contributed by atoms with Crippen LogP contribution in [0.2, 0.25) is 5.02 Å². The van der Waals surface area contributed by atoms with Gasteiger partial charge < -0.3 is 4.98 Å². The number of aromatic amines is 1. The zero-order valence-corrected chi connectivity index (χ0v) is 12.8. The van der Waals surface area contributed by atoms with Crippen molar-refractivity contribution < 1.29 is 12.8 Å². The first-order valence-corrected chi connectivity index (χ1v) is 8.22. The number of sulfonamides is 1. The molecule has 22 heavy (non-hydrogen) atoms. The second-order valence-electron chi connectivity index (χ2n) is 4.80. The van der Waals surface area contributed by atoms with E-state index in [-0.39, 0.29) is 30.1 Å². The number of hydrogen-bond donors (Lipinski definition) is 1. The van der Waals surface area contributed by atoms with Crippen LogP contribution in [0.15, 0.2) is 34.2 Å². The molecule has 9 heteroatoms. The van der Waals surface area contributed by atoms with E-state index in [0.29, 0.717) is 11.3 Å². The first-order valence-electron chi connectivity index (χ1n) is 6.41. The first-order chi connectivity index (χ1) is 10.4. The zero-order valence-electron chi connectivity index (χ0n) is 11.2.